The third-order valence-corrected chi connectivity index (χ3v) is 3.14. The molecule has 2 rings (SSSR count). The van der Waals surface area contributed by atoms with Crippen molar-refractivity contribution >= 4 is 17.3 Å². The Morgan fingerprint density at radius 3 is 2.39 bits per heavy atom. The number of nitrogens with one attached hydrogen (secondary N) is 2. The number of nitrogens with zero attached hydrogens (tertiary/aromatic N) is 1. The summed E-state index contributed by atoms with van der Waals surface area (Å²) in [6.07, 6.45) is 3.00. The second-order valence-electron chi connectivity index (χ2n) is 4.53. The molecule has 1 aliphatic heterocycles. The lowest BCUT2D eigenvalue weighted by atomic mass is 10.2. The summed E-state index contributed by atoms with van der Waals surface area (Å²) in [7, 11) is 0. The van der Waals surface area contributed by atoms with Gasteiger partial charge in [0.2, 0.25) is 5.91 Å². The van der Waals surface area contributed by atoms with Crippen LogP contribution in [0.15, 0.2) is 24.3 Å². The summed E-state index contributed by atoms with van der Waals surface area (Å²) in [4.78, 5) is 14.0. The van der Waals surface area contributed by atoms with Crippen LogP contribution in [-0.2, 0) is 4.79 Å². The molecule has 0 radical (unpaired) electrons. The van der Waals surface area contributed by atoms with Crippen LogP contribution in [0.5, 0.6) is 0 Å². The highest BCUT2D eigenvalue weighted by molar-refractivity contribution is 5.90. The average molecular weight is 248 g/mol. The van der Waals surface area contributed by atoms with Crippen LogP contribution in [0.2, 0.25) is 0 Å². The first-order valence-electron chi connectivity index (χ1n) is 6.28. The number of likely N-dealkylation sites (tertiary alicyclic amines) is 1. The van der Waals surface area contributed by atoms with Crippen LogP contribution in [0.25, 0.3) is 0 Å². The molecule has 0 saturated carbocycles. The van der Waals surface area contributed by atoms with Crippen LogP contribution in [0.4, 0.5) is 11.4 Å². The molecular weight excluding hydrogens is 230 g/mol. The first kappa shape index (κ1) is 12.9. The molecule has 1 saturated heterocycles. The predicted molar refractivity (Wildman–Crippen MR) is 72.4 cm³/mol. The summed E-state index contributed by atoms with van der Waals surface area (Å²) < 4.78 is 0. The zero-order valence-electron chi connectivity index (χ0n) is 10.3. The zero-order valence-corrected chi connectivity index (χ0v) is 10.3. The summed E-state index contributed by atoms with van der Waals surface area (Å²) in [6, 6.07) is 6.72. The van der Waals surface area contributed by atoms with Crippen molar-refractivity contribution in [2.24, 2.45) is 0 Å². The van der Waals surface area contributed by atoms with E-state index in [0.717, 1.165) is 25.3 Å². The van der Waals surface area contributed by atoms with Crippen LogP contribution in [0.3, 0.4) is 0 Å². The third-order valence-electron chi connectivity index (χ3n) is 3.14. The lowest BCUT2D eigenvalue weighted by Crippen LogP contribution is -2.25. The SMILES string of the molecule is O=C(CCN1CCCC1)Nc1ccc(N[O-])cc1. The van der Waals surface area contributed by atoms with Gasteiger partial charge in [-0.15, -0.1) is 0 Å². The van der Waals surface area contributed by atoms with Gasteiger partial charge >= 0.3 is 0 Å². The summed E-state index contributed by atoms with van der Waals surface area (Å²) in [5.74, 6) is 0.0183. The molecule has 1 fully saturated rings. The normalized spacial score (nSPS) is 15.6. The molecule has 1 amide bonds. The van der Waals surface area contributed by atoms with E-state index >= 15 is 0 Å². The molecular formula is C13H18N3O2-. The predicted octanol–water partition coefficient (Wildman–Crippen LogP) is 2.02. The first-order valence-corrected chi connectivity index (χ1v) is 6.28. The Bertz CT molecular complexity index is 386. The van der Waals surface area contributed by atoms with Gasteiger partial charge in [-0.1, -0.05) is 0 Å². The Kier molecular flexibility index (Phi) is 4.55. The highest BCUT2D eigenvalue weighted by Gasteiger charge is 2.12. The van der Waals surface area contributed by atoms with E-state index in [1.807, 2.05) is 0 Å². The molecule has 5 heteroatoms. The van der Waals surface area contributed by atoms with Crippen molar-refractivity contribution in [1.82, 2.24) is 4.90 Å². The van der Waals surface area contributed by atoms with Crippen molar-refractivity contribution in [3.8, 4) is 0 Å². The Morgan fingerprint density at radius 2 is 1.78 bits per heavy atom. The molecule has 0 aliphatic carbocycles. The fraction of sp³-hybridized carbons (Fsp3) is 0.462. The second kappa shape index (κ2) is 6.37. The van der Waals surface area contributed by atoms with Gasteiger partial charge < -0.3 is 20.9 Å². The van der Waals surface area contributed by atoms with Crippen LogP contribution in [0, 0.1) is 5.21 Å². The molecule has 1 aromatic rings. The number of carbonyl (C=O) groups is 1. The van der Waals surface area contributed by atoms with E-state index in [-0.39, 0.29) is 5.91 Å². The van der Waals surface area contributed by atoms with Gasteiger partial charge in [-0.3, -0.25) is 4.79 Å². The minimum absolute atomic E-state index is 0.0183. The van der Waals surface area contributed by atoms with E-state index in [1.165, 1.54) is 12.8 Å². The van der Waals surface area contributed by atoms with Crippen LogP contribution in [-0.4, -0.2) is 30.4 Å². The molecule has 5 nitrogen and oxygen atoms in total. The molecule has 0 atom stereocenters. The van der Waals surface area contributed by atoms with Crippen molar-refractivity contribution in [3.63, 3.8) is 0 Å². The Morgan fingerprint density at radius 1 is 1.17 bits per heavy atom. The van der Waals surface area contributed by atoms with Gasteiger partial charge in [0.05, 0.1) is 0 Å². The number of hydrogen-bond acceptors (Lipinski definition) is 4. The molecule has 2 N–H and O–H groups in total. The lowest BCUT2D eigenvalue weighted by molar-refractivity contribution is -0.116. The number of amides is 1. The average Bonchev–Trinajstić information content (AvgIpc) is 2.90. The molecule has 0 bridgehead atoms. The van der Waals surface area contributed by atoms with Gasteiger partial charge in [-0.2, -0.15) is 0 Å². The van der Waals surface area contributed by atoms with Crippen LogP contribution in [0.1, 0.15) is 19.3 Å². The van der Waals surface area contributed by atoms with E-state index in [2.05, 4.69) is 10.2 Å². The molecule has 0 spiro atoms. The highest BCUT2D eigenvalue weighted by atomic mass is 16.5. The molecule has 98 valence electrons. The van der Waals surface area contributed by atoms with Crippen LogP contribution < -0.4 is 10.8 Å². The molecule has 0 aromatic heterocycles. The Balaban J connectivity index is 1.75. The maximum absolute atomic E-state index is 11.7. The number of carbonyl (C=O) groups excluding carboxylic acids is 1. The van der Waals surface area contributed by atoms with Gasteiger partial charge in [0.25, 0.3) is 0 Å². The maximum atomic E-state index is 11.7. The van der Waals surface area contributed by atoms with Crippen molar-refractivity contribution in [3.05, 3.63) is 29.5 Å². The third kappa shape index (κ3) is 3.72. The Labute approximate surface area is 107 Å². The van der Waals surface area contributed by atoms with Gasteiger partial charge in [0.1, 0.15) is 0 Å². The minimum atomic E-state index is 0.0183. The summed E-state index contributed by atoms with van der Waals surface area (Å²) >= 11 is 0. The summed E-state index contributed by atoms with van der Waals surface area (Å²) in [5.41, 5.74) is 3.01. The number of benzene rings is 1. The minimum Gasteiger partial charge on any atom is -0.761 e. The van der Waals surface area contributed by atoms with E-state index in [0.29, 0.717) is 12.1 Å². The zero-order chi connectivity index (χ0) is 12.8. The van der Waals surface area contributed by atoms with Crippen LogP contribution >= 0.6 is 0 Å². The maximum Gasteiger partial charge on any atom is 0.225 e. The molecule has 18 heavy (non-hydrogen) atoms. The van der Waals surface area contributed by atoms with Gasteiger partial charge in [-0.05, 0) is 50.2 Å². The van der Waals surface area contributed by atoms with Crippen molar-refractivity contribution in [2.75, 3.05) is 30.4 Å². The second-order valence-corrected chi connectivity index (χ2v) is 4.53. The lowest BCUT2D eigenvalue weighted by Gasteiger charge is -2.14. The van der Waals surface area contributed by atoms with Crippen molar-refractivity contribution in [1.29, 1.82) is 0 Å². The molecule has 1 aliphatic rings. The van der Waals surface area contributed by atoms with Gasteiger partial charge in [0, 0.05) is 24.3 Å². The number of rotatable bonds is 5. The quantitative estimate of drug-likeness (QED) is 0.782. The van der Waals surface area contributed by atoms with E-state index in [4.69, 9.17) is 0 Å². The first-order chi connectivity index (χ1) is 8.78. The molecule has 0 unspecified atom stereocenters. The van der Waals surface area contributed by atoms with Gasteiger partial charge in [-0.25, -0.2) is 0 Å². The molecule has 1 aromatic carbocycles. The fourth-order valence-corrected chi connectivity index (χ4v) is 2.11. The number of hydrogen-bond donors (Lipinski definition) is 2. The highest BCUT2D eigenvalue weighted by Crippen LogP contribution is 2.13. The summed E-state index contributed by atoms with van der Waals surface area (Å²) in [6.45, 7) is 3.04. The van der Waals surface area contributed by atoms with E-state index in [1.54, 1.807) is 29.7 Å². The Hall–Kier alpha value is -1.59. The van der Waals surface area contributed by atoms with Crippen molar-refractivity contribution < 1.29 is 4.79 Å². The largest absolute Gasteiger partial charge is 0.761 e. The van der Waals surface area contributed by atoms with Gasteiger partial charge in [0.15, 0.2) is 0 Å². The number of anilines is 2. The summed E-state index contributed by atoms with van der Waals surface area (Å²) in [5, 5.41) is 13.2. The fourth-order valence-electron chi connectivity index (χ4n) is 2.11. The van der Waals surface area contributed by atoms with E-state index in [9.17, 15) is 10.0 Å². The topological polar surface area (TPSA) is 67.4 Å². The molecule has 1 heterocycles. The van der Waals surface area contributed by atoms with Crippen molar-refractivity contribution in [2.45, 2.75) is 19.3 Å². The van der Waals surface area contributed by atoms with E-state index < -0.39 is 0 Å². The smallest absolute Gasteiger partial charge is 0.225 e. The standard InChI is InChI=1S/C13H18N3O2/c17-13(7-10-16-8-1-2-9-16)14-11-3-5-12(15-18)6-4-11/h3-6,15H,1-2,7-10H2,(H,14,17)/q-1. The monoisotopic (exact) mass is 248 g/mol.